The van der Waals surface area contributed by atoms with E-state index in [9.17, 15) is 9.59 Å². The maximum atomic E-state index is 13.0. The molecule has 190 valence electrons. The van der Waals surface area contributed by atoms with Crippen LogP contribution in [-0.4, -0.2) is 70.7 Å². The average molecular weight is 481 g/mol. The predicted molar refractivity (Wildman–Crippen MR) is 137 cm³/mol. The zero-order valence-corrected chi connectivity index (χ0v) is 22.1. The van der Waals surface area contributed by atoms with Gasteiger partial charge in [-0.1, -0.05) is 30.3 Å². The Morgan fingerprint density at radius 3 is 1.74 bits per heavy atom. The minimum absolute atomic E-state index is 0.0417. The molecule has 0 unspecified atom stereocenters. The molecule has 0 N–H and O–H groups in total. The van der Waals surface area contributed by atoms with E-state index < -0.39 is 11.9 Å². The maximum absolute atomic E-state index is 13.0. The van der Waals surface area contributed by atoms with E-state index >= 15 is 0 Å². The van der Waals surface area contributed by atoms with Crippen molar-refractivity contribution in [3.8, 4) is 0 Å². The van der Waals surface area contributed by atoms with Crippen LogP contribution in [0.15, 0.2) is 47.2 Å². The molecular formula is C29H40N2O4. The van der Waals surface area contributed by atoms with Gasteiger partial charge in [0.1, 0.15) is 0 Å². The molecule has 5 rings (SSSR count). The number of benzene rings is 1. The van der Waals surface area contributed by atoms with Gasteiger partial charge in [-0.05, 0) is 92.5 Å². The third-order valence-electron chi connectivity index (χ3n) is 8.16. The van der Waals surface area contributed by atoms with Crippen LogP contribution in [0, 0.1) is 23.2 Å². The number of carbonyl (C=O) groups is 2. The van der Waals surface area contributed by atoms with E-state index in [-0.39, 0.29) is 11.0 Å². The van der Waals surface area contributed by atoms with Gasteiger partial charge in [-0.2, -0.15) is 0 Å². The summed E-state index contributed by atoms with van der Waals surface area (Å²) in [5, 5.41) is 0. The number of hydrogen-bond acceptors (Lipinski definition) is 6. The van der Waals surface area contributed by atoms with Gasteiger partial charge in [-0.15, -0.1) is 0 Å². The Bertz CT molecular complexity index is 969. The lowest BCUT2D eigenvalue weighted by molar-refractivity contribution is -0.144. The number of likely N-dealkylation sites (N-methyl/N-ethyl adjacent to an activating group) is 2. The number of nitrogens with zero attached hydrogens (tertiary/aromatic N) is 2. The van der Waals surface area contributed by atoms with Crippen LogP contribution in [0.5, 0.6) is 0 Å². The number of rotatable bonds is 8. The van der Waals surface area contributed by atoms with Gasteiger partial charge in [0, 0.05) is 20.6 Å². The number of esters is 2. The van der Waals surface area contributed by atoms with E-state index in [1.54, 1.807) is 0 Å². The fraction of sp³-hybridized carbons (Fsp3) is 0.586. The Hall–Kier alpha value is -2.60. The van der Waals surface area contributed by atoms with E-state index in [4.69, 9.17) is 9.47 Å². The highest BCUT2D eigenvalue weighted by Gasteiger charge is 2.53. The number of methoxy groups -OCH3 is 2. The van der Waals surface area contributed by atoms with Gasteiger partial charge in [0.15, 0.2) is 5.57 Å². The molecule has 0 aromatic heterocycles. The third kappa shape index (κ3) is 4.90. The lowest BCUT2D eigenvalue weighted by atomic mass is 9.46. The van der Waals surface area contributed by atoms with E-state index in [0.29, 0.717) is 12.2 Å². The number of carbonyl (C=O) groups excluding carboxylic acids is 2. The van der Waals surface area contributed by atoms with Crippen LogP contribution in [-0.2, 0) is 19.1 Å². The molecule has 0 atom stereocenters. The summed E-state index contributed by atoms with van der Waals surface area (Å²) in [5.74, 6) is 0.929. The number of ether oxygens (including phenoxy) is 2. The van der Waals surface area contributed by atoms with Crippen LogP contribution in [0.3, 0.4) is 0 Å². The molecule has 1 aromatic rings. The van der Waals surface area contributed by atoms with Crippen LogP contribution < -0.4 is 0 Å². The van der Waals surface area contributed by atoms with Crippen molar-refractivity contribution < 1.29 is 19.1 Å². The van der Waals surface area contributed by atoms with Crippen LogP contribution in [0.2, 0.25) is 0 Å². The van der Waals surface area contributed by atoms with Crippen LogP contribution in [0.4, 0.5) is 0 Å². The zero-order valence-electron chi connectivity index (χ0n) is 22.1. The molecule has 0 amide bonds. The second kappa shape index (κ2) is 10.2. The molecule has 0 aliphatic heterocycles. The molecule has 0 spiro atoms. The summed E-state index contributed by atoms with van der Waals surface area (Å²) in [6, 6.07) is 10.6. The largest absolute Gasteiger partial charge is 0.465 e. The molecule has 0 saturated heterocycles. The molecule has 4 saturated carbocycles. The van der Waals surface area contributed by atoms with E-state index in [1.165, 1.54) is 63.9 Å². The van der Waals surface area contributed by atoms with E-state index in [2.05, 4.69) is 29.2 Å². The smallest absolute Gasteiger partial charge is 0.347 e. The van der Waals surface area contributed by atoms with Gasteiger partial charge in [0.05, 0.1) is 19.9 Å². The fourth-order valence-corrected chi connectivity index (χ4v) is 7.54. The number of hydrogen-bond donors (Lipinski definition) is 0. The fourth-order valence-electron chi connectivity index (χ4n) is 7.54. The van der Waals surface area contributed by atoms with Crippen molar-refractivity contribution in [3.05, 3.63) is 52.7 Å². The highest BCUT2D eigenvalue weighted by atomic mass is 16.5. The van der Waals surface area contributed by atoms with Crippen molar-refractivity contribution >= 4 is 17.5 Å². The summed E-state index contributed by atoms with van der Waals surface area (Å²) in [5.41, 5.74) is 4.07. The molecule has 4 bridgehead atoms. The number of allylic oxidation sites excluding steroid dienone is 1. The van der Waals surface area contributed by atoms with Crippen molar-refractivity contribution in [3.63, 3.8) is 0 Å². The van der Waals surface area contributed by atoms with Gasteiger partial charge in [0.25, 0.3) is 0 Å². The first-order valence-electron chi connectivity index (χ1n) is 12.7. The molecule has 4 aliphatic rings. The highest BCUT2D eigenvalue weighted by molar-refractivity contribution is 6.15. The Balaban J connectivity index is 2.08. The Morgan fingerprint density at radius 2 is 1.34 bits per heavy atom. The quantitative estimate of drug-likeness (QED) is 0.181. The average Bonchev–Trinajstić information content (AvgIpc) is 2.80. The van der Waals surface area contributed by atoms with Gasteiger partial charge in [0.2, 0.25) is 0 Å². The molecule has 4 aliphatic carbocycles. The maximum Gasteiger partial charge on any atom is 0.347 e. The first kappa shape index (κ1) is 25.5. The third-order valence-corrected chi connectivity index (χ3v) is 8.16. The van der Waals surface area contributed by atoms with Crippen molar-refractivity contribution in [1.29, 1.82) is 0 Å². The van der Waals surface area contributed by atoms with Crippen molar-refractivity contribution in [2.24, 2.45) is 23.2 Å². The summed E-state index contributed by atoms with van der Waals surface area (Å²) in [6.45, 7) is 0.594. The van der Waals surface area contributed by atoms with Gasteiger partial charge in [-0.3, -0.25) is 0 Å². The zero-order chi connectivity index (χ0) is 25.3. The Morgan fingerprint density at radius 1 is 0.857 bits per heavy atom. The first-order valence-corrected chi connectivity index (χ1v) is 12.7. The normalized spacial score (nSPS) is 27.3. The van der Waals surface area contributed by atoms with Gasteiger partial charge < -0.3 is 19.3 Å². The minimum Gasteiger partial charge on any atom is -0.465 e. The second-order valence-electron chi connectivity index (χ2n) is 11.3. The molecule has 4 fully saturated rings. The summed E-state index contributed by atoms with van der Waals surface area (Å²) >= 11 is 0. The molecule has 0 radical (unpaired) electrons. The minimum atomic E-state index is -0.672. The van der Waals surface area contributed by atoms with E-state index in [0.717, 1.165) is 23.3 Å². The van der Waals surface area contributed by atoms with Crippen molar-refractivity contribution in [1.82, 2.24) is 9.80 Å². The van der Waals surface area contributed by atoms with Gasteiger partial charge in [-0.25, -0.2) is 9.59 Å². The summed E-state index contributed by atoms with van der Waals surface area (Å²) in [4.78, 5) is 30.0. The van der Waals surface area contributed by atoms with Crippen LogP contribution >= 0.6 is 0 Å². The SMILES string of the molecule is COC(=O)C(C(=O)OC)=C(/C(CN(C)C)=C(/c1ccccc1)C12CC3CC(CC(C3)C1)C2)N(C)C. The molecule has 0 heterocycles. The Labute approximate surface area is 209 Å². The molecule has 35 heavy (non-hydrogen) atoms. The summed E-state index contributed by atoms with van der Waals surface area (Å²) in [6.07, 6.45) is 7.55. The lowest BCUT2D eigenvalue weighted by Gasteiger charge is -2.58. The monoisotopic (exact) mass is 480 g/mol. The second-order valence-corrected chi connectivity index (χ2v) is 11.3. The lowest BCUT2D eigenvalue weighted by Crippen LogP contribution is -2.47. The molecule has 1 aromatic carbocycles. The van der Waals surface area contributed by atoms with Gasteiger partial charge >= 0.3 is 11.9 Å². The molecule has 6 heteroatoms. The van der Waals surface area contributed by atoms with Crippen molar-refractivity contribution in [2.75, 3.05) is 49.0 Å². The predicted octanol–water partition coefficient (Wildman–Crippen LogP) is 4.38. The standard InChI is InChI=1S/C29H40N2O4/c1-30(2)18-23(26(31(3)4)24(27(32)34-5)28(33)35-6)25(22-10-8-7-9-11-22)29-15-19-12-20(16-29)14-21(13-19)17-29/h7-11,19-21H,12-18H2,1-6H3/b25-23-. The highest BCUT2D eigenvalue weighted by Crippen LogP contribution is 2.65. The Kier molecular flexibility index (Phi) is 7.41. The van der Waals surface area contributed by atoms with Crippen LogP contribution in [0.1, 0.15) is 44.1 Å². The molecular weight excluding hydrogens is 440 g/mol. The molecule has 6 nitrogen and oxygen atoms in total. The van der Waals surface area contributed by atoms with E-state index in [1.807, 2.05) is 39.2 Å². The van der Waals surface area contributed by atoms with Crippen LogP contribution in [0.25, 0.3) is 5.57 Å². The first-order chi connectivity index (χ1) is 16.7. The summed E-state index contributed by atoms with van der Waals surface area (Å²) in [7, 11) is 10.5. The topological polar surface area (TPSA) is 59.1 Å². The van der Waals surface area contributed by atoms with Crippen molar-refractivity contribution in [2.45, 2.75) is 38.5 Å². The summed E-state index contributed by atoms with van der Waals surface area (Å²) < 4.78 is 10.2.